The fourth-order valence-electron chi connectivity index (χ4n) is 5.10. The van der Waals surface area contributed by atoms with Crippen molar-refractivity contribution in [1.82, 2.24) is 0 Å². The van der Waals surface area contributed by atoms with Gasteiger partial charge in [0.1, 0.15) is 0 Å². The number of carbonyl (C=O) groups excluding carboxylic acids is 1. The number of carboxylic acids is 1. The first kappa shape index (κ1) is 14.2. The van der Waals surface area contributed by atoms with E-state index in [1.165, 1.54) is 0 Å². The number of anilines is 1. The molecule has 1 amide bonds. The molecule has 0 aromatic heterocycles. The van der Waals surface area contributed by atoms with Crippen LogP contribution in [-0.4, -0.2) is 17.0 Å². The van der Waals surface area contributed by atoms with E-state index in [0.29, 0.717) is 0 Å². The van der Waals surface area contributed by atoms with Crippen LogP contribution in [0.3, 0.4) is 0 Å². The molecule has 22 heavy (non-hydrogen) atoms. The third kappa shape index (κ3) is 1.94. The number of carbonyl (C=O) groups is 2. The summed E-state index contributed by atoms with van der Waals surface area (Å²) in [6, 6.07) is 7.40. The quantitative estimate of drug-likeness (QED) is 0.863. The number of rotatable bonds is 3. The molecule has 4 nitrogen and oxygen atoms in total. The van der Waals surface area contributed by atoms with E-state index in [1.54, 1.807) is 0 Å². The molecule has 0 radical (unpaired) electrons. The van der Waals surface area contributed by atoms with E-state index in [0.717, 1.165) is 35.8 Å². The normalized spacial score (nSPS) is 33.9. The second kappa shape index (κ2) is 4.82. The van der Waals surface area contributed by atoms with Crippen LogP contribution in [0.25, 0.3) is 0 Å². The Morgan fingerprint density at radius 3 is 2.23 bits per heavy atom. The lowest BCUT2D eigenvalue weighted by Gasteiger charge is -2.26. The van der Waals surface area contributed by atoms with Crippen LogP contribution in [-0.2, 0) is 9.59 Å². The maximum absolute atomic E-state index is 12.7. The predicted octanol–water partition coefficient (Wildman–Crippen LogP) is 3.52. The van der Waals surface area contributed by atoms with Crippen LogP contribution in [0.5, 0.6) is 0 Å². The minimum atomic E-state index is -0.797. The Bertz CT molecular complexity index is 638. The van der Waals surface area contributed by atoms with Gasteiger partial charge in [-0.15, -0.1) is 0 Å². The molecular formula is C17H18BrNO3. The Balaban J connectivity index is 1.59. The van der Waals surface area contributed by atoms with Crippen molar-refractivity contribution in [3.63, 3.8) is 0 Å². The maximum atomic E-state index is 12.7. The van der Waals surface area contributed by atoms with Gasteiger partial charge in [-0.25, -0.2) is 0 Å². The summed E-state index contributed by atoms with van der Waals surface area (Å²) < 4.78 is 0.950. The Hall–Kier alpha value is -1.36. The molecule has 1 aromatic carbocycles. The highest BCUT2D eigenvalue weighted by Crippen LogP contribution is 2.74. The first-order valence-corrected chi connectivity index (χ1v) is 8.61. The van der Waals surface area contributed by atoms with E-state index < -0.39 is 11.9 Å². The Labute approximate surface area is 137 Å². The Morgan fingerprint density at radius 2 is 1.68 bits per heavy atom. The molecule has 3 fully saturated rings. The average Bonchev–Trinajstić information content (AvgIpc) is 3.15. The highest BCUT2D eigenvalue weighted by atomic mass is 79.9. The summed E-state index contributed by atoms with van der Waals surface area (Å²) in [6.45, 7) is 0. The number of benzene rings is 1. The summed E-state index contributed by atoms with van der Waals surface area (Å²) in [5, 5.41) is 12.6. The van der Waals surface area contributed by atoms with Crippen molar-refractivity contribution < 1.29 is 14.7 Å². The molecule has 1 aromatic rings. The molecule has 3 saturated carbocycles. The second-order valence-electron chi connectivity index (χ2n) is 6.91. The van der Waals surface area contributed by atoms with Gasteiger partial charge >= 0.3 is 5.97 Å². The molecule has 2 N–H and O–H groups in total. The lowest BCUT2D eigenvalue weighted by Crippen LogP contribution is -2.37. The molecule has 4 atom stereocenters. The van der Waals surface area contributed by atoms with E-state index in [2.05, 4.69) is 21.2 Å². The highest BCUT2D eigenvalue weighted by Gasteiger charge is 2.71. The van der Waals surface area contributed by atoms with E-state index in [1.807, 2.05) is 24.3 Å². The van der Waals surface area contributed by atoms with Crippen molar-refractivity contribution in [1.29, 1.82) is 0 Å². The van der Waals surface area contributed by atoms with E-state index in [-0.39, 0.29) is 29.1 Å². The van der Waals surface area contributed by atoms with E-state index in [9.17, 15) is 14.7 Å². The zero-order valence-electron chi connectivity index (χ0n) is 12.1. The van der Waals surface area contributed by atoms with Gasteiger partial charge in [0.15, 0.2) is 0 Å². The largest absolute Gasteiger partial charge is 0.481 e. The highest BCUT2D eigenvalue weighted by molar-refractivity contribution is 9.10. The number of carboxylic acid groups (broad SMARTS) is 1. The van der Waals surface area contributed by atoms with Gasteiger partial charge in [0.05, 0.1) is 11.8 Å². The third-order valence-corrected chi connectivity index (χ3v) is 6.58. The SMILES string of the molecule is O=C(O)[C@H]1C2CCC([C@@H]1C(=O)Nc1ccc(Br)cc1)C21CC1. The van der Waals surface area contributed by atoms with Crippen LogP contribution in [0.15, 0.2) is 28.7 Å². The van der Waals surface area contributed by atoms with Gasteiger partial charge < -0.3 is 10.4 Å². The molecule has 0 aliphatic heterocycles. The van der Waals surface area contributed by atoms with Crippen LogP contribution in [0.4, 0.5) is 5.69 Å². The molecule has 3 aliphatic carbocycles. The molecule has 5 heteroatoms. The van der Waals surface area contributed by atoms with Crippen molar-refractivity contribution in [2.45, 2.75) is 25.7 Å². The van der Waals surface area contributed by atoms with Gasteiger partial charge in [-0.1, -0.05) is 15.9 Å². The minimum absolute atomic E-state index is 0.117. The van der Waals surface area contributed by atoms with Gasteiger partial charge in [-0.05, 0) is 67.2 Å². The van der Waals surface area contributed by atoms with Crippen molar-refractivity contribution in [3.05, 3.63) is 28.7 Å². The molecular weight excluding hydrogens is 346 g/mol. The fourth-order valence-corrected chi connectivity index (χ4v) is 5.36. The summed E-state index contributed by atoms with van der Waals surface area (Å²) in [7, 11) is 0. The fraction of sp³-hybridized carbons (Fsp3) is 0.529. The number of nitrogens with one attached hydrogen (secondary N) is 1. The minimum Gasteiger partial charge on any atom is -0.481 e. The number of amides is 1. The zero-order chi connectivity index (χ0) is 15.5. The lowest BCUT2D eigenvalue weighted by atomic mass is 9.78. The standard InChI is InChI=1S/C17H18BrNO3/c18-9-1-3-10(4-2-9)19-15(20)13-11-5-6-12(14(13)16(21)22)17(11)7-8-17/h1-4,11-14H,5-8H2,(H,19,20)(H,21,22)/t11?,12?,13-,14-/m0/s1. The Kier molecular flexibility index (Phi) is 3.12. The first-order valence-electron chi connectivity index (χ1n) is 7.82. The van der Waals surface area contributed by atoms with E-state index >= 15 is 0 Å². The van der Waals surface area contributed by atoms with Crippen LogP contribution >= 0.6 is 15.9 Å². The van der Waals surface area contributed by atoms with Crippen LogP contribution < -0.4 is 5.32 Å². The van der Waals surface area contributed by atoms with Gasteiger partial charge in [-0.2, -0.15) is 0 Å². The smallest absolute Gasteiger partial charge is 0.307 e. The molecule has 116 valence electrons. The number of aliphatic carboxylic acids is 1. The monoisotopic (exact) mass is 363 g/mol. The van der Waals surface area contributed by atoms with Crippen molar-refractivity contribution in [2.24, 2.45) is 29.1 Å². The predicted molar refractivity (Wildman–Crippen MR) is 85.3 cm³/mol. The molecule has 3 aliphatic rings. The lowest BCUT2D eigenvalue weighted by molar-refractivity contribution is -0.148. The van der Waals surface area contributed by atoms with Gasteiger partial charge in [0, 0.05) is 10.2 Å². The van der Waals surface area contributed by atoms with Crippen LogP contribution in [0, 0.1) is 29.1 Å². The van der Waals surface area contributed by atoms with E-state index in [4.69, 9.17) is 0 Å². The van der Waals surface area contributed by atoms with Gasteiger partial charge in [0.2, 0.25) is 5.91 Å². The topological polar surface area (TPSA) is 66.4 Å². The molecule has 4 rings (SSSR count). The molecule has 1 spiro atoms. The summed E-state index contributed by atoms with van der Waals surface area (Å²) in [6.07, 6.45) is 4.19. The van der Waals surface area contributed by atoms with Gasteiger partial charge in [0.25, 0.3) is 0 Å². The second-order valence-corrected chi connectivity index (χ2v) is 7.83. The average molecular weight is 364 g/mol. The van der Waals surface area contributed by atoms with Crippen LogP contribution in [0.1, 0.15) is 25.7 Å². The van der Waals surface area contributed by atoms with Gasteiger partial charge in [-0.3, -0.25) is 9.59 Å². The van der Waals surface area contributed by atoms with Crippen molar-refractivity contribution in [3.8, 4) is 0 Å². The molecule has 0 saturated heterocycles. The maximum Gasteiger partial charge on any atom is 0.307 e. The summed E-state index contributed by atoms with van der Waals surface area (Å²) in [5.41, 5.74) is 0.898. The van der Waals surface area contributed by atoms with Crippen molar-refractivity contribution in [2.75, 3.05) is 5.32 Å². The third-order valence-electron chi connectivity index (χ3n) is 6.05. The Morgan fingerprint density at radius 1 is 1.09 bits per heavy atom. The number of hydrogen-bond acceptors (Lipinski definition) is 2. The summed E-state index contributed by atoms with van der Waals surface area (Å²) >= 11 is 3.37. The number of halogens is 1. The number of hydrogen-bond donors (Lipinski definition) is 2. The van der Waals surface area contributed by atoms with Crippen LogP contribution in [0.2, 0.25) is 0 Å². The summed E-state index contributed by atoms with van der Waals surface area (Å²) in [5.74, 6) is -1.33. The summed E-state index contributed by atoms with van der Waals surface area (Å²) in [4.78, 5) is 24.5. The van der Waals surface area contributed by atoms with Crippen molar-refractivity contribution >= 4 is 33.5 Å². The first-order chi connectivity index (χ1) is 10.5. The molecule has 2 bridgehead atoms. The molecule has 0 heterocycles. The zero-order valence-corrected chi connectivity index (χ0v) is 13.7. The molecule has 2 unspecified atom stereocenters.